The number of pyridine rings is 2. The fourth-order valence-electron chi connectivity index (χ4n) is 4.58. The zero-order valence-corrected chi connectivity index (χ0v) is 18.4. The Balaban J connectivity index is 1.51. The number of rotatable bonds is 5. The third kappa shape index (κ3) is 3.69. The molecule has 3 aromatic rings. The molecule has 2 aliphatic rings. The lowest BCUT2D eigenvalue weighted by Gasteiger charge is -2.20. The summed E-state index contributed by atoms with van der Waals surface area (Å²) in [5.41, 5.74) is 6.85. The highest BCUT2D eigenvalue weighted by molar-refractivity contribution is 5.92. The van der Waals surface area contributed by atoms with Crippen molar-refractivity contribution < 1.29 is 23.8 Å². The second kappa shape index (κ2) is 8.21. The fourth-order valence-corrected chi connectivity index (χ4v) is 4.58. The molecule has 176 valence electrons. The Morgan fingerprint density at radius 3 is 2.53 bits per heavy atom. The largest absolute Gasteiger partial charge is 0.477 e. The number of fused-ring (bicyclic) bond motifs is 1. The van der Waals surface area contributed by atoms with Gasteiger partial charge < -0.3 is 25.0 Å². The van der Waals surface area contributed by atoms with Gasteiger partial charge in [-0.3, -0.25) is 4.79 Å². The van der Waals surface area contributed by atoms with E-state index in [1.54, 1.807) is 21.6 Å². The summed E-state index contributed by atoms with van der Waals surface area (Å²) in [6, 6.07) is 7.76. The first-order valence-electron chi connectivity index (χ1n) is 11.0. The summed E-state index contributed by atoms with van der Waals surface area (Å²) in [4.78, 5) is 42.1. The maximum absolute atomic E-state index is 15.2. The Kier molecular flexibility index (Phi) is 5.32. The van der Waals surface area contributed by atoms with Gasteiger partial charge in [-0.05, 0) is 36.6 Å². The third-order valence-corrected chi connectivity index (χ3v) is 6.53. The lowest BCUT2D eigenvalue weighted by molar-refractivity contribution is 0.0599. The zero-order valence-electron chi connectivity index (χ0n) is 18.4. The van der Waals surface area contributed by atoms with E-state index < -0.39 is 28.7 Å². The average molecular weight is 466 g/mol. The van der Waals surface area contributed by atoms with E-state index in [9.17, 15) is 19.5 Å². The van der Waals surface area contributed by atoms with Gasteiger partial charge in [-0.2, -0.15) is 0 Å². The topological polar surface area (TPSA) is 128 Å². The minimum atomic E-state index is -1.35. The Bertz CT molecular complexity index is 1370. The van der Waals surface area contributed by atoms with Crippen molar-refractivity contribution in [2.75, 3.05) is 25.1 Å². The summed E-state index contributed by atoms with van der Waals surface area (Å²) >= 11 is 0. The molecule has 3 heterocycles. The van der Waals surface area contributed by atoms with Gasteiger partial charge in [0.05, 0.1) is 18.1 Å². The molecule has 34 heavy (non-hydrogen) atoms. The number of methoxy groups -OCH3 is 1. The average Bonchev–Trinajstić information content (AvgIpc) is 3.60. The van der Waals surface area contributed by atoms with Crippen LogP contribution in [0.15, 0.2) is 41.3 Å². The molecule has 0 unspecified atom stereocenters. The molecule has 2 atom stereocenters. The molecule has 5 rings (SSSR count). The van der Waals surface area contributed by atoms with Crippen molar-refractivity contribution in [2.24, 2.45) is 5.73 Å². The Morgan fingerprint density at radius 1 is 1.21 bits per heavy atom. The molecule has 9 nitrogen and oxygen atoms in total. The number of aromatic carboxylic acids is 1. The van der Waals surface area contributed by atoms with Crippen molar-refractivity contribution in [1.29, 1.82) is 0 Å². The first-order valence-corrected chi connectivity index (χ1v) is 11.0. The number of halogens is 1. The number of carboxylic acid groups (broad SMARTS) is 1. The quantitative estimate of drug-likeness (QED) is 0.548. The van der Waals surface area contributed by atoms with Crippen molar-refractivity contribution in [2.45, 2.75) is 30.8 Å². The lowest BCUT2D eigenvalue weighted by atomic mass is 9.94. The van der Waals surface area contributed by atoms with Crippen LogP contribution in [0.3, 0.4) is 0 Å². The van der Waals surface area contributed by atoms with Crippen LogP contribution in [-0.4, -0.2) is 52.8 Å². The molecule has 2 aromatic heterocycles. The molecule has 1 aromatic carbocycles. The molecule has 1 saturated heterocycles. The van der Waals surface area contributed by atoms with Crippen molar-refractivity contribution >= 4 is 28.8 Å². The number of benzene rings is 1. The number of carboxylic acids is 1. The molecule has 2 fully saturated rings. The summed E-state index contributed by atoms with van der Waals surface area (Å²) in [5.74, 6) is -2.53. The van der Waals surface area contributed by atoms with Gasteiger partial charge in [0.1, 0.15) is 11.2 Å². The predicted molar refractivity (Wildman–Crippen MR) is 122 cm³/mol. The van der Waals surface area contributed by atoms with E-state index >= 15 is 4.39 Å². The first-order chi connectivity index (χ1) is 16.3. The molecular weight excluding hydrogens is 443 g/mol. The molecular formula is C24H23FN4O5. The number of carbonyl (C=O) groups is 2. The number of nitrogens with two attached hydrogens (primary N) is 1. The van der Waals surface area contributed by atoms with E-state index in [1.165, 1.54) is 13.3 Å². The van der Waals surface area contributed by atoms with Gasteiger partial charge in [-0.25, -0.2) is 19.0 Å². The summed E-state index contributed by atoms with van der Waals surface area (Å²) in [6.45, 7) is 0.745. The van der Waals surface area contributed by atoms with Crippen LogP contribution in [0.25, 0.3) is 11.0 Å². The van der Waals surface area contributed by atoms with Gasteiger partial charge in [0.25, 0.3) is 0 Å². The second-order valence-corrected chi connectivity index (χ2v) is 8.77. The SMILES string of the molecule is COC(=O)c1ccc([C@@H]2CN(c3nc4c(cc3F)c(=O)c(C(=O)O)cn4C3CC3)C[C@@H]2N)cc1. The smallest absolute Gasteiger partial charge is 0.341 e. The highest BCUT2D eigenvalue weighted by atomic mass is 19.1. The van der Waals surface area contributed by atoms with E-state index in [-0.39, 0.29) is 34.9 Å². The zero-order chi connectivity index (χ0) is 24.1. The summed E-state index contributed by atoms with van der Waals surface area (Å²) in [6.07, 6.45) is 2.98. The van der Waals surface area contributed by atoms with Crippen LogP contribution in [0, 0.1) is 5.82 Å². The van der Waals surface area contributed by atoms with E-state index in [0.29, 0.717) is 18.7 Å². The molecule has 3 N–H and O–H groups in total. The molecule has 0 bridgehead atoms. The van der Waals surface area contributed by atoms with Gasteiger partial charge in [-0.1, -0.05) is 12.1 Å². The second-order valence-electron chi connectivity index (χ2n) is 8.77. The Labute approximate surface area is 193 Å². The van der Waals surface area contributed by atoms with Gasteiger partial charge in [0.2, 0.25) is 5.43 Å². The van der Waals surface area contributed by atoms with E-state index in [1.807, 2.05) is 12.1 Å². The van der Waals surface area contributed by atoms with Crippen LogP contribution >= 0.6 is 0 Å². The van der Waals surface area contributed by atoms with E-state index in [2.05, 4.69) is 4.98 Å². The molecule has 1 saturated carbocycles. The Hall–Kier alpha value is -3.79. The number of esters is 1. The van der Waals surface area contributed by atoms with Crippen molar-refractivity contribution in [3.8, 4) is 0 Å². The van der Waals surface area contributed by atoms with Gasteiger partial charge in [-0.15, -0.1) is 0 Å². The number of ether oxygens (including phenoxy) is 1. The number of hydrogen-bond donors (Lipinski definition) is 2. The number of carbonyl (C=O) groups excluding carboxylic acids is 1. The predicted octanol–water partition coefficient (Wildman–Crippen LogP) is 2.29. The number of nitrogens with zero attached hydrogens (tertiary/aromatic N) is 3. The van der Waals surface area contributed by atoms with Crippen LogP contribution in [-0.2, 0) is 4.74 Å². The van der Waals surface area contributed by atoms with Crippen LogP contribution in [0.2, 0.25) is 0 Å². The third-order valence-electron chi connectivity index (χ3n) is 6.53. The minimum absolute atomic E-state index is 0.0360. The normalized spacial score (nSPS) is 20.0. The van der Waals surface area contributed by atoms with Crippen molar-refractivity contribution in [1.82, 2.24) is 9.55 Å². The van der Waals surface area contributed by atoms with E-state index in [0.717, 1.165) is 24.5 Å². The van der Waals surface area contributed by atoms with Crippen LogP contribution in [0.4, 0.5) is 10.2 Å². The van der Waals surface area contributed by atoms with Gasteiger partial charge in [0.15, 0.2) is 11.6 Å². The summed E-state index contributed by atoms with van der Waals surface area (Å²) in [5, 5.41) is 9.35. The summed E-state index contributed by atoms with van der Waals surface area (Å²) < 4.78 is 21.6. The number of anilines is 1. The van der Waals surface area contributed by atoms with Gasteiger partial charge in [0, 0.05) is 37.3 Å². The molecule has 10 heteroatoms. The highest BCUT2D eigenvalue weighted by Crippen LogP contribution is 2.38. The van der Waals surface area contributed by atoms with Crippen LogP contribution in [0.5, 0.6) is 0 Å². The van der Waals surface area contributed by atoms with Crippen LogP contribution < -0.4 is 16.1 Å². The van der Waals surface area contributed by atoms with Crippen LogP contribution in [0.1, 0.15) is 51.1 Å². The highest BCUT2D eigenvalue weighted by Gasteiger charge is 2.35. The first kappa shape index (κ1) is 22.0. The molecule has 0 spiro atoms. The van der Waals surface area contributed by atoms with Crippen molar-refractivity contribution in [3.63, 3.8) is 0 Å². The molecule has 0 radical (unpaired) electrons. The summed E-state index contributed by atoms with van der Waals surface area (Å²) in [7, 11) is 1.32. The maximum Gasteiger partial charge on any atom is 0.341 e. The lowest BCUT2D eigenvalue weighted by Crippen LogP contribution is -2.29. The maximum atomic E-state index is 15.2. The molecule has 1 aliphatic carbocycles. The van der Waals surface area contributed by atoms with Crippen molar-refractivity contribution in [3.05, 3.63) is 69.3 Å². The standard InChI is InChI=1S/C24H23FN4O5/c1-34-24(33)13-4-2-12(3-5-13)16-9-28(11-19(16)26)22-18(25)8-15-20(30)17(23(31)32)10-29(14-6-7-14)21(15)27-22/h2-5,8,10,14,16,19H,6-7,9,11,26H2,1H3,(H,31,32)/t16-,19-/m0/s1. The number of aromatic nitrogens is 2. The molecule has 1 aliphatic heterocycles. The number of hydrogen-bond acceptors (Lipinski definition) is 7. The minimum Gasteiger partial charge on any atom is -0.477 e. The Morgan fingerprint density at radius 2 is 1.91 bits per heavy atom. The molecule has 0 amide bonds. The van der Waals surface area contributed by atoms with Gasteiger partial charge >= 0.3 is 11.9 Å². The monoisotopic (exact) mass is 466 g/mol. The fraction of sp³-hybridized carbons (Fsp3) is 0.333. The van der Waals surface area contributed by atoms with E-state index in [4.69, 9.17) is 10.5 Å².